The Morgan fingerprint density at radius 2 is 0.610 bits per heavy atom. The number of hydrogen-bond acceptors (Lipinski definition) is 5. The van der Waals surface area contributed by atoms with E-state index in [2.05, 4.69) is 31.3 Å². The van der Waals surface area contributed by atoms with Crippen LogP contribution < -0.4 is 5.32 Å². The first-order valence-corrected chi connectivity index (χ1v) is 35.4. The lowest BCUT2D eigenvalue weighted by atomic mass is 10.0. The molecule has 0 aliphatic carbocycles. The van der Waals surface area contributed by atoms with E-state index in [1.165, 1.54) is 334 Å². The van der Waals surface area contributed by atoms with Crippen molar-refractivity contribution >= 4 is 11.9 Å². The summed E-state index contributed by atoms with van der Waals surface area (Å²) in [4.78, 5) is 24.6. The molecule has 0 rings (SSSR count). The third kappa shape index (κ3) is 63.6. The highest BCUT2D eigenvalue weighted by molar-refractivity contribution is 5.76. The second-order valence-electron chi connectivity index (χ2n) is 24.6. The molecule has 3 N–H and O–H groups in total. The van der Waals surface area contributed by atoms with Crippen LogP contribution in [0.4, 0.5) is 0 Å². The monoisotopic (exact) mass is 1090 g/mol. The minimum atomic E-state index is -0.668. The van der Waals surface area contributed by atoms with Crippen LogP contribution in [0.25, 0.3) is 0 Å². The zero-order valence-electron chi connectivity index (χ0n) is 52.5. The van der Waals surface area contributed by atoms with Crippen molar-refractivity contribution in [2.45, 2.75) is 418 Å². The summed E-state index contributed by atoms with van der Waals surface area (Å²) in [6.45, 7) is 5.00. The molecule has 0 spiro atoms. The minimum absolute atomic E-state index is 0.0160. The molecule has 0 radical (unpaired) electrons. The molecule has 0 fully saturated rings. The van der Waals surface area contributed by atoms with E-state index in [9.17, 15) is 19.8 Å². The van der Waals surface area contributed by atoms with Gasteiger partial charge in [-0.25, -0.2) is 0 Å². The molecule has 0 aromatic heterocycles. The first-order chi connectivity index (χ1) is 38.0. The maximum atomic E-state index is 12.5. The fraction of sp³-hybridized carbons (Fsp3) is 0.944. The molecule has 0 heterocycles. The lowest BCUT2D eigenvalue weighted by molar-refractivity contribution is -0.143. The van der Waals surface area contributed by atoms with E-state index >= 15 is 0 Å². The lowest BCUT2D eigenvalue weighted by Crippen LogP contribution is -2.45. The number of nitrogens with one attached hydrogen (secondary N) is 1. The van der Waals surface area contributed by atoms with Crippen molar-refractivity contribution < 1.29 is 24.5 Å². The summed E-state index contributed by atoms with van der Waals surface area (Å²) < 4.78 is 5.49. The quantitative estimate of drug-likeness (QED) is 0.0320. The second kappa shape index (κ2) is 67.1. The largest absolute Gasteiger partial charge is 0.466 e. The summed E-state index contributed by atoms with van der Waals surface area (Å²) in [5.74, 6) is -0.0185. The van der Waals surface area contributed by atoms with Crippen LogP contribution in [0, 0.1) is 0 Å². The Morgan fingerprint density at radius 1 is 0.351 bits per heavy atom. The highest BCUT2D eigenvalue weighted by Crippen LogP contribution is 2.19. The molecule has 0 saturated heterocycles. The van der Waals surface area contributed by atoms with E-state index in [0.717, 1.165) is 38.5 Å². The third-order valence-electron chi connectivity index (χ3n) is 16.8. The van der Waals surface area contributed by atoms with Crippen LogP contribution in [0.15, 0.2) is 12.2 Å². The van der Waals surface area contributed by atoms with Crippen molar-refractivity contribution in [3.8, 4) is 0 Å². The summed E-state index contributed by atoms with van der Waals surface area (Å²) in [6, 6.07) is -0.545. The van der Waals surface area contributed by atoms with Crippen LogP contribution in [0.2, 0.25) is 0 Å². The normalized spacial score (nSPS) is 12.5. The van der Waals surface area contributed by atoms with Crippen molar-refractivity contribution in [3.63, 3.8) is 0 Å². The van der Waals surface area contributed by atoms with Gasteiger partial charge in [0.1, 0.15) is 0 Å². The topological polar surface area (TPSA) is 95.9 Å². The maximum Gasteiger partial charge on any atom is 0.305 e. The van der Waals surface area contributed by atoms with Gasteiger partial charge in [0.15, 0.2) is 0 Å². The molecule has 0 aromatic carbocycles. The molecular weight excluding hydrogens is 947 g/mol. The molecule has 77 heavy (non-hydrogen) atoms. The van der Waals surface area contributed by atoms with Gasteiger partial charge in [0, 0.05) is 12.8 Å². The molecule has 458 valence electrons. The smallest absolute Gasteiger partial charge is 0.305 e. The molecular formula is C71H139NO5. The standard InChI is InChI=1S/C71H139NO5/c1-3-5-7-9-11-13-15-17-19-20-21-22-27-30-33-36-39-43-47-51-55-59-63-69(74)68(67-73)72-70(75)64-60-56-52-48-44-40-37-34-31-28-25-23-24-26-29-32-35-38-42-46-50-54-58-62-66-77-71(76)65-61-57-53-49-45-41-18-16-14-12-10-8-6-4-2/h25,28,68-69,73-74H,3-24,26-27,29-67H2,1-2H3,(H,72,75)/b28-25-. The maximum absolute atomic E-state index is 12.5. The molecule has 0 aliphatic rings. The first-order valence-electron chi connectivity index (χ1n) is 35.4. The van der Waals surface area contributed by atoms with E-state index in [0.29, 0.717) is 25.9 Å². The van der Waals surface area contributed by atoms with Crippen molar-refractivity contribution in [2.75, 3.05) is 13.2 Å². The van der Waals surface area contributed by atoms with E-state index in [4.69, 9.17) is 4.74 Å². The van der Waals surface area contributed by atoms with Crippen LogP contribution >= 0.6 is 0 Å². The Bertz CT molecular complexity index is 1160. The SMILES string of the molecule is CCCCCCCCCCCCCCCCCCCCCCCCC(O)C(CO)NC(=O)CCCCCCCCCC/C=C\CCCCCCCCCCCCCCOC(=O)CCCCCCCCCCCCCCCC. The lowest BCUT2D eigenvalue weighted by Gasteiger charge is -2.22. The van der Waals surface area contributed by atoms with Gasteiger partial charge in [-0.1, -0.05) is 353 Å². The average molecular weight is 1090 g/mol. The Morgan fingerprint density at radius 3 is 0.922 bits per heavy atom. The predicted molar refractivity (Wildman–Crippen MR) is 338 cm³/mol. The van der Waals surface area contributed by atoms with Crippen molar-refractivity contribution in [2.24, 2.45) is 0 Å². The number of carbonyl (C=O) groups excluding carboxylic acids is 2. The van der Waals surface area contributed by atoms with Gasteiger partial charge in [0.05, 0.1) is 25.4 Å². The number of esters is 1. The Balaban J connectivity index is 3.39. The van der Waals surface area contributed by atoms with Gasteiger partial charge >= 0.3 is 5.97 Å². The predicted octanol–water partition coefficient (Wildman–Crippen LogP) is 22.8. The van der Waals surface area contributed by atoms with Gasteiger partial charge in [-0.3, -0.25) is 9.59 Å². The number of allylic oxidation sites excluding steroid dienone is 2. The number of rotatable bonds is 67. The number of ether oxygens (including phenoxy) is 1. The molecule has 6 nitrogen and oxygen atoms in total. The molecule has 0 bridgehead atoms. The van der Waals surface area contributed by atoms with Crippen LogP contribution in [-0.4, -0.2) is 47.4 Å². The summed E-state index contributed by atoms with van der Waals surface area (Å²) in [7, 11) is 0. The van der Waals surface area contributed by atoms with Crippen LogP contribution in [0.1, 0.15) is 406 Å². The second-order valence-corrected chi connectivity index (χ2v) is 24.6. The number of carbonyl (C=O) groups is 2. The van der Waals surface area contributed by atoms with Crippen LogP contribution in [0.5, 0.6) is 0 Å². The minimum Gasteiger partial charge on any atom is -0.466 e. The van der Waals surface area contributed by atoms with Crippen molar-refractivity contribution in [3.05, 3.63) is 12.2 Å². The highest BCUT2D eigenvalue weighted by atomic mass is 16.5. The number of hydrogen-bond donors (Lipinski definition) is 3. The molecule has 0 aliphatic heterocycles. The zero-order valence-corrected chi connectivity index (χ0v) is 52.5. The summed E-state index contributed by atoms with van der Waals surface area (Å²) in [5, 5.41) is 23.4. The van der Waals surface area contributed by atoms with Crippen molar-refractivity contribution in [1.29, 1.82) is 0 Å². The fourth-order valence-electron chi connectivity index (χ4n) is 11.4. The van der Waals surface area contributed by atoms with E-state index < -0.39 is 12.1 Å². The molecule has 2 unspecified atom stereocenters. The van der Waals surface area contributed by atoms with E-state index in [1.807, 2.05) is 0 Å². The molecule has 1 amide bonds. The zero-order chi connectivity index (χ0) is 55.7. The average Bonchev–Trinajstić information content (AvgIpc) is 3.43. The van der Waals surface area contributed by atoms with Crippen LogP contribution in [-0.2, 0) is 14.3 Å². The number of aliphatic hydroxyl groups is 2. The highest BCUT2D eigenvalue weighted by Gasteiger charge is 2.20. The van der Waals surface area contributed by atoms with E-state index in [1.54, 1.807) is 0 Å². The summed E-state index contributed by atoms with van der Waals surface area (Å²) in [6.07, 6.45) is 82.5. The number of aliphatic hydroxyl groups excluding tert-OH is 2. The fourth-order valence-corrected chi connectivity index (χ4v) is 11.4. The van der Waals surface area contributed by atoms with Crippen molar-refractivity contribution in [1.82, 2.24) is 5.32 Å². The molecule has 2 atom stereocenters. The Kier molecular flexibility index (Phi) is 65.9. The summed E-state index contributed by atoms with van der Waals surface area (Å²) in [5.41, 5.74) is 0. The van der Waals surface area contributed by atoms with Gasteiger partial charge in [0.2, 0.25) is 5.91 Å². The molecule has 6 heteroatoms. The Hall–Kier alpha value is -1.40. The van der Waals surface area contributed by atoms with Gasteiger partial charge in [0.25, 0.3) is 0 Å². The summed E-state index contributed by atoms with van der Waals surface area (Å²) >= 11 is 0. The Labute approximate surface area is 482 Å². The first kappa shape index (κ1) is 75.6. The molecule has 0 aromatic rings. The molecule has 0 saturated carbocycles. The number of amides is 1. The number of unbranched alkanes of at least 4 members (excludes halogenated alkanes) is 54. The van der Waals surface area contributed by atoms with Gasteiger partial charge in [-0.2, -0.15) is 0 Å². The van der Waals surface area contributed by atoms with Crippen LogP contribution in [0.3, 0.4) is 0 Å². The van der Waals surface area contributed by atoms with Gasteiger partial charge < -0.3 is 20.3 Å². The van der Waals surface area contributed by atoms with E-state index in [-0.39, 0.29) is 18.5 Å². The third-order valence-corrected chi connectivity index (χ3v) is 16.8. The van der Waals surface area contributed by atoms with Gasteiger partial charge in [-0.05, 0) is 51.4 Å². The van der Waals surface area contributed by atoms with Gasteiger partial charge in [-0.15, -0.1) is 0 Å².